The molecule has 0 fully saturated rings. The molecule has 0 aliphatic rings. The van der Waals surface area contributed by atoms with E-state index in [1.807, 2.05) is 24.3 Å². The Morgan fingerprint density at radius 3 is 2.90 bits per heavy atom. The molecule has 0 spiro atoms. The van der Waals surface area contributed by atoms with Gasteiger partial charge in [-0.3, -0.25) is 0 Å². The smallest absolute Gasteiger partial charge is 1.00 e. The summed E-state index contributed by atoms with van der Waals surface area (Å²) in [5, 5.41) is 0. The van der Waals surface area contributed by atoms with Crippen molar-refractivity contribution in [3.05, 3.63) is 30.6 Å². The Kier molecular flexibility index (Phi) is 2.49. The van der Waals surface area contributed by atoms with Crippen LogP contribution in [0.1, 0.15) is 1.43 Å². The summed E-state index contributed by atoms with van der Waals surface area (Å²) in [6, 6.07) is 7.94. The average molecular weight is 142 g/mol. The largest absolute Gasteiger partial charge is 1.00 e. The van der Waals surface area contributed by atoms with Gasteiger partial charge in [-0.1, -0.05) is 12.1 Å². The number of benzene rings is 1. The van der Waals surface area contributed by atoms with E-state index in [4.69, 9.17) is 0 Å². The van der Waals surface area contributed by atoms with Crippen LogP contribution in [-0.2, 0) is 0 Å². The summed E-state index contributed by atoms with van der Waals surface area (Å²) >= 11 is 0. The molecule has 46 valence electrons. The molecular weight excluding hydrogens is 135 g/mol. The first-order valence-electron chi connectivity index (χ1n) is 2.85. The Bertz CT molecular complexity index is 290. The van der Waals surface area contributed by atoms with Gasteiger partial charge in [0.1, 0.15) is 0 Å². The van der Waals surface area contributed by atoms with Crippen molar-refractivity contribution < 1.29 is 31.0 Å². The Balaban J connectivity index is 0.000000500. The predicted molar refractivity (Wildman–Crippen MR) is 37.2 cm³/mol. The van der Waals surface area contributed by atoms with Crippen molar-refractivity contribution in [1.82, 2.24) is 9.97 Å². The van der Waals surface area contributed by atoms with Gasteiger partial charge < -0.3 is 6.41 Å². The van der Waals surface area contributed by atoms with Gasteiger partial charge in [0.05, 0.1) is 17.4 Å². The number of imidazole rings is 1. The maximum Gasteiger partial charge on any atom is 1.00 e. The summed E-state index contributed by atoms with van der Waals surface area (Å²) in [5.41, 5.74) is 2.12. The van der Waals surface area contributed by atoms with Gasteiger partial charge in [0, 0.05) is 0 Å². The van der Waals surface area contributed by atoms with Gasteiger partial charge in [0.15, 0.2) is 0 Å². The molecule has 2 rings (SSSR count). The van der Waals surface area contributed by atoms with Crippen LogP contribution in [0.25, 0.3) is 11.0 Å². The summed E-state index contributed by atoms with van der Waals surface area (Å²) < 4.78 is 0. The Morgan fingerprint density at radius 2 is 2.10 bits per heavy atom. The quantitative estimate of drug-likeness (QED) is 0.454. The Hall–Kier alpha value is -0.310. The molecular formula is C7H7N2Na. The van der Waals surface area contributed by atoms with Gasteiger partial charge >= 0.3 is 29.6 Å². The van der Waals surface area contributed by atoms with Gasteiger partial charge in [-0.25, -0.2) is 4.98 Å². The first kappa shape index (κ1) is 7.79. The number of para-hydroxylation sites is 2. The molecule has 2 nitrogen and oxygen atoms in total. The van der Waals surface area contributed by atoms with E-state index in [1.165, 1.54) is 0 Å². The number of nitrogens with zero attached hydrogens (tertiary/aromatic N) is 1. The number of aromatic nitrogens is 2. The minimum Gasteiger partial charge on any atom is -1.00 e. The monoisotopic (exact) mass is 142 g/mol. The number of hydrogen-bond donors (Lipinski definition) is 1. The molecule has 0 aliphatic heterocycles. The molecule has 0 unspecified atom stereocenters. The number of aromatic amines is 1. The Labute approximate surface area is 82.4 Å². The van der Waals surface area contributed by atoms with Crippen molar-refractivity contribution in [1.29, 1.82) is 0 Å². The number of nitrogens with one attached hydrogen (secondary N) is 1. The minimum absolute atomic E-state index is 0. The second-order valence-corrected chi connectivity index (χ2v) is 1.92. The molecule has 0 bridgehead atoms. The zero-order valence-corrected chi connectivity index (χ0v) is 7.83. The molecule has 0 aliphatic carbocycles. The summed E-state index contributed by atoms with van der Waals surface area (Å²) in [4.78, 5) is 7.07. The standard InChI is InChI=1S/C7H6N2.Na.H/c1-2-4-7-6(3-1)8-5-9-7;;/h1-5H,(H,8,9);;/q;+1;-1. The Morgan fingerprint density at radius 1 is 1.30 bits per heavy atom. The van der Waals surface area contributed by atoms with E-state index in [2.05, 4.69) is 9.97 Å². The second-order valence-electron chi connectivity index (χ2n) is 1.92. The molecule has 2 aromatic rings. The molecule has 0 radical (unpaired) electrons. The average Bonchev–Trinajstić information content (AvgIpc) is 2.33. The minimum atomic E-state index is 0. The first-order valence-corrected chi connectivity index (χ1v) is 2.85. The fourth-order valence-electron chi connectivity index (χ4n) is 0.880. The number of H-pyrrole nitrogens is 1. The van der Waals surface area contributed by atoms with Gasteiger partial charge in [0.25, 0.3) is 0 Å². The molecule has 1 heterocycles. The third-order valence-electron chi connectivity index (χ3n) is 1.33. The van der Waals surface area contributed by atoms with Gasteiger partial charge in [-0.2, -0.15) is 0 Å². The maximum atomic E-state index is 4.06. The number of rotatable bonds is 0. The van der Waals surface area contributed by atoms with E-state index >= 15 is 0 Å². The van der Waals surface area contributed by atoms with Crippen LogP contribution in [0.2, 0.25) is 0 Å². The van der Waals surface area contributed by atoms with E-state index < -0.39 is 0 Å². The third-order valence-corrected chi connectivity index (χ3v) is 1.33. The second kappa shape index (κ2) is 3.19. The summed E-state index contributed by atoms with van der Waals surface area (Å²) in [5.74, 6) is 0. The molecule has 1 aromatic carbocycles. The molecule has 3 heteroatoms. The van der Waals surface area contributed by atoms with Crippen molar-refractivity contribution in [3.8, 4) is 0 Å². The van der Waals surface area contributed by atoms with Crippen LogP contribution < -0.4 is 29.6 Å². The van der Waals surface area contributed by atoms with E-state index in [0.717, 1.165) is 11.0 Å². The van der Waals surface area contributed by atoms with Crippen LogP contribution >= 0.6 is 0 Å². The van der Waals surface area contributed by atoms with Crippen molar-refractivity contribution in [2.45, 2.75) is 0 Å². The number of hydrogen-bond acceptors (Lipinski definition) is 1. The zero-order valence-electron chi connectivity index (χ0n) is 6.83. The summed E-state index contributed by atoms with van der Waals surface area (Å²) in [7, 11) is 0. The maximum absolute atomic E-state index is 4.06. The molecule has 0 atom stereocenters. The van der Waals surface area contributed by atoms with Crippen LogP contribution in [0.3, 0.4) is 0 Å². The van der Waals surface area contributed by atoms with Crippen molar-refractivity contribution in [2.75, 3.05) is 0 Å². The topological polar surface area (TPSA) is 28.7 Å². The molecule has 0 saturated carbocycles. The van der Waals surface area contributed by atoms with Crippen molar-refractivity contribution in [2.24, 2.45) is 0 Å². The predicted octanol–water partition coefficient (Wildman–Crippen LogP) is -1.32. The number of fused-ring (bicyclic) bond motifs is 1. The SMILES string of the molecule is [H-].[Na+].c1ccc2[nH]cnc2c1. The fourth-order valence-corrected chi connectivity index (χ4v) is 0.880. The summed E-state index contributed by atoms with van der Waals surface area (Å²) in [6.07, 6.45) is 1.70. The molecule has 0 amide bonds. The van der Waals surface area contributed by atoms with Crippen LogP contribution in [-0.4, -0.2) is 9.97 Å². The zero-order chi connectivity index (χ0) is 6.10. The van der Waals surface area contributed by atoms with E-state index in [-0.39, 0.29) is 31.0 Å². The fraction of sp³-hybridized carbons (Fsp3) is 0. The van der Waals surface area contributed by atoms with E-state index in [9.17, 15) is 0 Å². The molecule has 0 saturated heterocycles. The molecule has 1 N–H and O–H groups in total. The molecule has 1 aromatic heterocycles. The van der Waals surface area contributed by atoms with E-state index in [1.54, 1.807) is 6.33 Å². The summed E-state index contributed by atoms with van der Waals surface area (Å²) in [6.45, 7) is 0. The van der Waals surface area contributed by atoms with E-state index in [0.29, 0.717) is 0 Å². The van der Waals surface area contributed by atoms with Crippen LogP contribution in [0.15, 0.2) is 30.6 Å². The van der Waals surface area contributed by atoms with Crippen LogP contribution in [0.5, 0.6) is 0 Å². The van der Waals surface area contributed by atoms with Gasteiger partial charge in [-0.05, 0) is 12.1 Å². The van der Waals surface area contributed by atoms with Crippen molar-refractivity contribution in [3.63, 3.8) is 0 Å². The molecule has 10 heavy (non-hydrogen) atoms. The van der Waals surface area contributed by atoms with Crippen molar-refractivity contribution >= 4 is 11.0 Å². The first-order chi connectivity index (χ1) is 4.47. The van der Waals surface area contributed by atoms with Crippen LogP contribution in [0.4, 0.5) is 0 Å². The third kappa shape index (κ3) is 1.24. The normalized spacial score (nSPS) is 9.20. The van der Waals surface area contributed by atoms with Gasteiger partial charge in [0.2, 0.25) is 0 Å². The van der Waals surface area contributed by atoms with Gasteiger partial charge in [-0.15, -0.1) is 0 Å². The van der Waals surface area contributed by atoms with Crippen LogP contribution in [0, 0.1) is 0 Å².